The fourth-order valence-electron chi connectivity index (χ4n) is 4.09. The van der Waals surface area contributed by atoms with Gasteiger partial charge in [-0.2, -0.15) is 16.3 Å². The zero-order valence-corrected chi connectivity index (χ0v) is 20.8. The molecule has 2 aromatic heterocycles. The van der Waals surface area contributed by atoms with Crippen molar-refractivity contribution in [2.75, 3.05) is 5.75 Å². The van der Waals surface area contributed by atoms with Gasteiger partial charge in [0.05, 0.1) is 11.4 Å². The van der Waals surface area contributed by atoms with Gasteiger partial charge in [-0.25, -0.2) is 0 Å². The summed E-state index contributed by atoms with van der Waals surface area (Å²) >= 11 is 3.80. The van der Waals surface area contributed by atoms with Crippen molar-refractivity contribution in [3.05, 3.63) is 43.2 Å². The summed E-state index contributed by atoms with van der Waals surface area (Å²) in [7, 11) is 0. The first-order valence-corrected chi connectivity index (χ1v) is 11.8. The first kappa shape index (κ1) is 23.4. The van der Waals surface area contributed by atoms with Crippen LogP contribution in [0.1, 0.15) is 77.9 Å². The zero-order valence-electron chi connectivity index (χ0n) is 19.1. The van der Waals surface area contributed by atoms with Crippen molar-refractivity contribution in [2.24, 2.45) is 0 Å². The Labute approximate surface area is 177 Å². The van der Waals surface area contributed by atoms with Gasteiger partial charge in [-0.05, 0) is 19.6 Å². The van der Waals surface area contributed by atoms with E-state index in [9.17, 15) is 9.59 Å². The predicted octanol–water partition coefficient (Wildman–Crippen LogP) is 4.74. The minimum Gasteiger partial charge on any atom is -0.267 e. The molecule has 0 aliphatic rings. The maximum Gasteiger partial charge on any atom is 0.277 e. The minimum atomic E-state index is -0.174. The summed E-state index contributed by atoms with van der Waals surface area (Å²) in [5.41, 5.74) is 3.00. The molecule has 6 heteroatoms. The van der Waals surface area contributed by atoms with Crippen LogP contribution in [0.2, 0.25) is 0 Å². The van der Waals surface area contributed by atoms with Gasteiger partial charge in [0.25, 0.3) is 11.1 Å². The second kappa shape index (κ2) is 7.75. The molecule has 0 saturated heterocycles. The molecule has 0 aromatic carbocycles. The third kappa shape index (κ3) is 4.81. The van der Waals surface area contributed by atoms with Crippen LogP contribution in [0.15, 0.2) is 9.59 Å². The fraction of sp³-hybridized carbons (Fsp3) is 0.727. The maximum absolute atomic E-state index is 12.9. The third-order valence-corrected chi connectivity index (χ3v) is 7.43. The second-order valence-corrected chi connectivity index (χ2v) is 14.4. The molecule has 158 valence electrons. The molecule has 0 bridgehead atoms. The minimum absolute atomic E-state index is 0.00195. The van der Waals surface area contributed by atoms with E-state index in [1.165, 1.54) is 4.52 Å². The van der Waals surface area contributed by atoms with Crippen LogP contribution in [0.4, 0.5) is 0 Å². The van der Waals surface area contributed by atoms with Crippen LogP contribution in [-0.2, 0) is 12.8 Å². The van der Waals surface area contributed by atoms with Gasteiger partial charge in [-0.3, -0.25) is 14.1 Å². The van der Waals surface area contributed by atoms with Crippen LogP contribution in [-0.4, -0.2) is 29.0 Å². The van der Waals surface area contributed by atoms with Crippen molar-refractivity contribution < 1.29 is 0 Å². The van der Waals surface area contributed by atoms with E-state index in [2.05, 4.69) is 55.4 Å². The Balaban J connectivity index is 2.67. The standard InChI is InChI=1S/C22H36N2O2S2/c1-11-27-21(7,8)12-16-14(2)18(25)24-19(26)15(3)17(23(16)24)13-22(9,10)28-20(4,5)6/h11-13H2,1-10H3. The number of hydrogen-bond acceptors (Lipinski definition) is 4. The van der Waals surface area contributed by atoms with Crippen LogP contribution in [0.25, 0.3) is 0 Å². The molecule has 0 aliphatic carbocycles. The summed E-state index contributed by atoms with van der Waals surface area (Å²) in [5.74, 6) is 1.02. The second-order valence-electron chi connectivity index (χ2n) is 9.90. The van der Waals surface area contributed by atoms with Crippen LogP contribution < -0.4 is 11.1 Å². The molecule has 2 rings (SSSR count). The fourth-order valence-corrected chi connectivity index (χ4v) is 6.98. The predicted molar refractivity (Wildman–Crippen MR) is 125 cm³/mol. The van der Waals surface area contributed by atoms with Gasteiger partial charge in [0.1, 0.15) is 0 Å². The molecule has 0 radical (unpaired) electrons. The van der Waals surface area contributed by atoms with Crippen molar-refractivity contribution in [1.82, 2.24) is 9.03 Å². The average Bonchev–Trinajstić information content (AvgIpc) is 2.86. The molecular weight excluding hydrogens is 388 g/mol. The van der Waals surface area contributed by atoms with Crippen molar-refractivity contribution in [3.8, 4) is 0 Å². The highest BCUT2D eigenvalue weighted by atomic mass is 32.2. The van der Waals surface area contributed by atoms with E-state index in [0.717, 1.165) is 30.0 Å². The molecule has 2 aromatic rings. The number of nitrogens with zero attached hydrogens (tertiary/aromatic N) is 2. The van der Waals surface area contributed by atoms with Gasteiger partial charge in [0.2, 0.25) is 0 Å². The Kier molecular flexibility index (Phi) is 6.48. The molecule has 0 amide bonds. The van der Waals surface area contributed by atoms with Gasteiger partial charge in [-0.15, -0.1) is 11.8 Å². The van der Waals surface area contributed by atoms with Gasteiger partial charge in [-0.1, -0.05) is 55.4 Å². The Hall–Kier alpha value is -0.880. The molecule has 28 heavy (non-hydrogen) atoms. The van der Waals surface area contributed by atoms with E-state index in [1.807, 2.05) is 41.9 Å². The summed E-state index contributed by atoms with van der Waals surface area (Å²) in [6.45, 7) is 21.4. The van der Waals surface area contributed by atoms with Gasteiger partial charge >= 0.3 is 0 Å². The highest BCUT2D eigenvalue weighted by Crippen LogP contribution is 2.39. The molecule has 2 heterocycles. The first-order valence-electron chi connectivity index (χ1n) is 10.0. The summed E-state index contributed by atoms with van der Waals surface area (Å²) in [4.78, 5) is 25.8. The summed E-state index contributed by atoms with van der Waals surface area (Å²) in [5, 5.41) is 0. The van der Waals surface area contributed by atoms with E-state index in [4.69, 9.17) is 0 Å². The van der Waals surface area contributed by atoms with Crippen molar-refractivity contribution in [3.63, 3.8) is 0 Å². The molecule has 0 atom stereocenters. The van der Waals surface area contributed by atoms with Crippen molar-refractivity contribution in [2.45, 2.75) is 96.3 Å². The Morgan fingerprint density at radius 1 is 0.750 bits per heavy atom. The maximum atomic E-state index is 12.9. The highest BCUT2D eigenvalue weighted by Gasteiger charge is 2.32. The van der Waals surface area contributed by atoms with E-state index >= 15 is 0 Å². The van der Waals surface area contributed by atoms with E-state index in [1.54, 1.807) is 0 Å². The molecule has 0 unspecified atom stereocenters. The van der Waals surface area contributed by atoms with Gasteiger partial charge in [0.15, 0.2) is 0 Å². The van der Waals surface area contributed by atoms with E-state index < -0.39 is 0 Å². The van der Waals surface area contributed by atoms with Gasteiger partial charge < -0.3 is 0 Å². The molecule has 0 aliphatic heterocycles. The Bertz CT molecular complexity index is 962. The Morgan fingerprint density at radius 3 is 1.57 bits per heavy atom. The number of thioether (sulfide) groups is 2. The molecule has 4 nitrogen and oxygen atoms in total. The average molecular weight is 425 g/mol. The van der Waals surface area contributed by atoms with Crippen LogP contribution in [0.3, 0.4) is 0 Å². The molecular formula is C22H36N2O2S2. The smallest absolute Gasteiger partial charge is 0.267 e. The van der Waals surface area contributed by atoms with Crippen LogP contribution >= 0.6 is 23.5 Å². The SMILES string of the molecule is CCSC(C)(C)Cc1c(C)c(=O)n2c(=O)c(C)c(CC(C)(C)SC(C)(C)C)n12. The lowest BCUT2D eigenvalue weighted by atomic mass is 10.0. The normalized spacial score (nSPS) is 13.6. The largest absolute Gasteiger partial charge is 0.277 e. The monoisotopic (exact) mass is 424 g/mol. The number of fused-ring (bicyclic) bond motifs is 1. The lowest BCUT2D eigenvalue weighted by Gasteiger charge is -2.32. The molecule has 0 fully saturated rings. The Morgan fingerprint density at radius 2 is 1.18 bits per heavy atom. The van der Waals surface area contributed by atoms with Crippen molar-refractivity contribution in [1.29, 1.82) is 0 Å². The summed E-state index contributed by atoms with van der Waals surface area (Å²) < 4.78 is 3.37. The van der Waals surface area contributed by atoms with Crippen molar-refractivity contribution >= 4 is 23.5 Å². The number of hydrogen-bond donors (Lipinski definition) is 0. The first-order chi connectivity index (χ1) is 12.6. The van der Waals surface area contributed by atoms with Crippen LogP contribution in [0, 0.1) is 13.8 Å². The summed E-state index contributed by atoms with van der Waals surface area (Å²) in [6, 6.07) is 0. The lowest BCUT2D eigenvalue weighted by molar-refractivity contribution is 0.617. The molecule has 0 saturated carbocycles. The quantitative estimate of drug-likeness (QED) is 0.644. The molecule has 0 N–H and O–H groups in total. The van der Waals surface area contributed by atoms with E-state index in [0.29, 0.717) is 11.1 Å². The topological polar surface area (TPSA) is 43.0 Å². The number of aromatic nitrogens is 2. The van der Waals surface area contributed by atoms with Crippen LogP contribution in [0.5, 0.6) is 0 Å². The van der Waals surface area contributed by atoms with E-state index in [-0.39, 0.29) is 25.4 Å². The third-order valence-electron chi connectivity index (χ3n) is 4.91. The highest BCUT2D eigenvalue weighted by molar-refractivity contribution is 8.01. The van der Waals surface area contributed by atoms with Gasteiger partial charge in [0, 0.05) is 38.2 Å². The number of rotatable bonds is 7. The zero-order chi connectivity index (χ0) is 21.7. The summed E-state index contributed by atoms with van der Waals surface area (Å²) in [6.07, 6.45) is 1.50. The molecule has 0 spiro atoms. The lowest BCUT2D eigenvalue weighted by Crippen LogP contribution is -2.27.